The van der Waals surface area contributed by atoms with Gasteiger partial charge in [0.1, 0.15) is 4.60 Å². The smallest absolute Gasteiger partial charge is 0.186 e. The van der Waals surface area contributed by atoms with E-state index in [1.165, 1.54) is 0 Å². The van der Waals surface area contributed by atoms with Crippen LogP contribution >= 0.6 is 27.3 Å². The first-order chi connectivity index (χ1) is 6.79. The molecule has 0 radical (unpaired) electrons. The van der Waals surface area contributed by atoms with E-state index in [0.29, 0.717) is 13.2 Å². The van der Waals surface area contributed by atoms with Gasteiger partial charge >= 0.3 is 0 Å². The first kappa shape index (κ1) is 9.90. The van der Waals surface area contributed by atoms with Crippen molar-refractivity contribution in [2.45, 2.75) is 6.10 Å². The summed E-state index contributed by atoms with van der Waals surface area (Å²) in [4.78, 5) is 6.38. The lowest BCUT2D eigenvalue weighted by Gasteiger charge is -2.29. The lowest BCUT2D eigenvalue weighted by molar-refractivity contribution is 0.0764. The van der Waals surface area contributed by atoms with Crippen molar-refractivity contribution in [1.82, 2.24) is 4.98 Å². The second-order valence-corrected chi connectivity index (χ2v) is 4.54. The third-order valence-electron chi connectivity index (χ3n) is 1.94. The minimum atomic E-state index is -0.327. The third-order valence-corrected chi connectivity index (χ3v) is 3.56. The van der Waals surface area contributed by atoms with Crippen LogP contribution in [0.4, 0.5) is 5.13 Å². The van der Waals surface area contributed by atoms with Gasteiger partial charge in [-0.15, -0.1) is 11.3 Å². The highest BCUT2D eigenvalue weighted by molar-refractivity contribution is 9.10. The van der Waals surface area contributed by atoms with E-state index in [1.807, 2.05) is 5.38 Å². The van der Waals surface area contributed by atoms with Crippen molar-refractivity contribution in [1.29, 1.82) is 5.26 Å². The summed E-state index contributed by atoms with van der Waals surface area (Å²) in [6, 6.07) is 2.11. The third kappa shape index (κ3) is 2.05. The largest absolute Gasteiger partial charge is 0.360 e. The van der Waals surface area contributed by atoms with Gasteiger partial charge in [-0.2, -0.15) is 5.26 Å². The molecular formula is C8H8BrN3OS. The highest BCUT2D eigenvalue weighted by Crippen LogP contribution is 2.24. The van der Waals surface area contributed by atoms with E-state index in [2.05, 4.69) is 31.9 Å². The summed E-state index contributed by atoms with van der Waals surface area (Å²) in [6.07, 6.45) is -0.327. The fourth-order valence-electron chi connectivity index (χ4n) is 1.29. The Morgan fingerprint density at radius 2 is 2.64 bits per heavy atom. The van der Waals surface area contributed by atoms with Crippen LogP contribution in [0.5, 0.6) is 0 Å². The molecule has 1 aromatic heterocycles. The lowest BCUT2D eigenvalue weighted by atomic mass is 10.3. The Morgan fingerprint density at radius 3 is 3.29 bits per heavy atom. The molecular weight excluding hydrogens is 266 g/mol. The van der Waals surface area contributed by atoms with E-state index < -0.39 is 0 Å². The van der Waals surface area contributed by atoms with Crippen molar-refractivity contribution in [2.75, 3.05) is 24.6 Å². The maximum Gasteiger partial charge on any atom is 0.186 e. The predicted octanol–water partition coefficient (Wildman–Crippen LogP) is 1.63. The second-order valence-electron chi connectivity index (χ2n) is 2.89. The standard InChI is InChI=1S/C8H8BrN3OS/c9-7-5-14-8(11-7)12-1-2-13-6(3-10)4-12/h5-6H,1-2,4H2. The number of hydrogen-bond acceptors (Lipinski definition) is 5. The van der Waals surface area contributed by atoms with E-state index in [-0.39, 0.29) is 6.10 Å². The molecule has 2 heterocycles. The van der Waals surface area contributed by atoms with Gasteiger partial charge in [0, 0.05) is 11.9 Å². The van der Waals surface area contributed by atoms with E-state index in [1.54, 1.807) is 11.3 Å². The number of halogens is 1. The minimum Gasteiger partial charge on any atom is -0.360 e. The summed E-state index contributed by atoms with van der Waals surface area (Å²) in [6.45, 7) is 2.00. The van der Waals surface area contributed by atoms with E-state index in [4.69, 9.17) is 10.00 Å². The summed E-state index contributed by atoms with van der Waals surface area (Å²) in [5, 5.41) is 11.6. The highest BCUT2D eigenvalue weighted by Gasteiger charge is 2.21. The van der Waals surface area contributed by atoms with E-state index >= 15 is 0 Å². The molecule has 0 spiro atoms. The van der Waals surface area contributed by atoms with Crippen LogP contribution in [0.3, 0.4) is 0 Å². The van der Waals surface area contributed by atoms with Crippen molar-refractivity contribution in [3.63, 3.8) is 0 Å². The fraction of sp³-hybridized carbons (Fsp3) is 0.500. The maximum absolute atomic E-state index is 8.73. The number of rotatable bonds is 1. The molecule has 6 heteroatoms. The first-order valence-electron chi connectivity index (χ1n) is 4.17. The Morgan fingerprint density at radius 1 is 1.79 bits per heavy atom. The SMILES string of the molecule is N#CC1CN(c2nc(Br)cs2)CCO1. The second kappa shape index (κ2) is 4.26. The maximum atomic E-state index is 8.73. The van der Waals surface area contributed by atoms with Gasteiger partial charge in [0.25, 0.3) is 0 Å². The molecule has 14 heavy (non-hydrogen) atoms. The molecule has 4 nitrogen and oxygen atoms in total. The molecule has 0 aromatic carbocycles. The van der Waals surface area contributed by atoms with Gasteiger partial charge in [0.05, 0.1) is 19.2 Å². The fourth-order valence-corrected chi connectivity index (χ4v) is 2.58. The zero-order chi connectivity index (χ0) is 9.97. The number of morpholine rings is 1. The Hall–Kier alpha value is -0.640. The van der Waals surface area contributed by atoms with Gasteiger partial charge in [-0.1, -0.05) is 0 Å². The van der Waals surface area contributed by atoms with Crippen molar-refractivity contribution in [3.05, 3.63) is 9.98 Å². The molecule has 1 aliphatic heterocycles. The van der Waals surface area contributed by atoms with Crippen molar-refractivity contribution in [2.24, 2.45) is 0 Å². The summed E-state index contributed by atoms with van der Waals surface area (Å²) < 4.78 is 6.09. The Bertz CT molecular complexity index is 362. The van der Waals surface area contributed by atoms with Crippen LogP contribution in [0.2, 0.25) is 0 Å². The van der Waals surface area contributed by atoms with Crippen LogP contribution in [-0.4, -0.2) is 30.8 Å². The zero-order valence-electron chi connectivity index (χ0n) is 7.31. The van der Waals surface area contributed by atoms with Gasteiger partial charge in [-0.25, -0.2) is 4.98 Å². The van der Waals surface area contributed by atoms with Crippen molar-refractivity contribution >= 4 is 32.4 Å². The predicted molar refractivity (Wildman–Crippen MR) is 57.4 cm³/mol. The summed E-state index contributed by atoms with van der Waals surface area (Å²) in [7, 11) is 0. The molecule has 0 N–H and O–H groups in total. The Kier molecular flexibility index (Phi) is 3.01. The molecule has 1 atom stereocenters. The van der Waals surface area contributed by atoms with Crippen molar-refractivity contribution < 1.29 is 4.74 Å². The number of nitriles is 1. The zero-order valence-corrected chi connectivity index (χ0v) is 9.71. The summed E-state index contributed by atoms with van der Waals surface area (Å²) >= 11 is 4.88. The van der Waals surface area contributed by atoms with Crippen molar-refractivity contribution in [3.8, 4) is 6.07 Å². The monoisotopic (exact) mass is 273 g/mol. The number of aromatic nitrogens is 1. The molecule has 2 rings (SSSR count). The lowest BCUT2D eigenvalue weighted by Crippen LogP contribution is -2.41. The number of nitrogens with zero attached hydrogens (tertiary/aromatic N) is 3. The quantitative estimate of drug-likeness (QED) is 0.781. The summed E-state index contributed by atoms with van der Waals surface area (Å²) in [5.41, 5.74) is 0. The average molecular weight is 274 g/mol. The molecule has 0 bridgehead atoms. The average Bonchev–Trinajstić information content (AvgIpc) is 2.65. The van der Waals surface area contributed by atoms with E-state index in [0.717, 1.165) is 16.3 Å². The number of anilines is 1. The van der Waals surface area contributed by atoms with Gasteiger partial charge in [-0.05, 0) is 15.9 Å². The molecule has 1 fully saturated rings. The van der Waals surface area contributed by atoms with Crippen LogP contribution < -0.4 is 4.90 Å². The number of ether oxygens (including phenoxy) is 1. The van der Waals surface area contributed by atoms with Crippen LogP contribution in [0.15, 0.2) is 9.98 Å². The molecule has 1 aliphatic rings. The number of hydrogen-bond donors (Lipinski definition) is 0. The molecule has 74 valence electrons. The summed E-state index contributed by atoms with van der Waals surface area (Å²) in [5.74, 6) is 0. The van der Waals surface area contributed by atoms with Gasteiger partial charge in [-0.3, -0.25) is 0 Å². The molecule has 1 saturated heterocycles. The van der Waals surface area contributed by atoms with Gasteiger partial charge in [0.15, 0.2) is 11.2 Å². The molecule has 0 saturated carbocycles. The van der Waals surface area contributed by atoms with Gasteiger partial charge in [0.2, 0.25) is 0 Å². The van der Waals surface area contributed by atoms with Crippen LogP contribution in [0, 0.1) is 11.3 Å². The molecule has 1 unspecified atom stereocenters. The van der Waals surface area contributed by atoms with Gasteiger partial charge < -0.3 is 9.64 Å². The normalized spacial score (nSPS) is 22.0. The Labute approximate surface area is 94.2 Å². The van der Waals surface area contributed by atoms with E-state index in [9.17, 15) is 0 Å². The van der Waals surface area contributed by atoms with Crippen LogP contribution in [-0.2, 0) is 4.74 Å². The molecule has 0 aliphatic carbocycles. The minimum absolute atomic E-state index is 0.327. The van der Waals surface area contributed by atoms with Crippen LogP contribution in [0.25, 0.3) is 0 Å². The Balaban J connectivity index is 2.08. The van der Waals surface area contributed by atoms with Crippen LogP contribution in [0.1, 0.15) is 0 Å². The highest BCUT2D eigenvalue weighted by atomic mass is 79.9. The topological polar surface area (TPSA) is 49.2 Å². The first-order valence-corrected chi connectivity index (χ1v) is 5.84. The molecule has 0 amide bonds. The molecule has 1 aromatic rings. The number of thiazole rings is 1.